The van der Waals surface area contributed by atoms with Crippen LogP contribution in [-0.2, 0) is 9.53 Å². The molecule has 0 atom stereocenters. The molecule has 7 nitrogen and oxygen atoms in total. The van der Waals surface area contributed by atoms with Crippen molar-refractivity contribution in [2.24, 2.45) is 0 Å². The van der Waals surface area contributed by atoms with Crippen LogP contribution < -0.4 is 10.6 Å². The molecule has 140 valence electrons. The predicted molar refractivity (Wildman–Crippen MR) is 106 cm³/mol. The SMILES string of the molecule is CCCC(=O)Nc1ccc(Sc2ccc3nc(NC(=O)OC)[nH]c3c2)cc1. The first-order valence-electron chi connectivity index (χ1n) is 8.50. The van der Waals surface area contributed by atoms with Gasteiger partial charge in [0.25, 0.3) is 0 Å². The highest BCUT2D eigenvalue weighted by Gasteiger charge is 2.08. The zero-order chi connectivity index (χ0) is 19.2. The molecule has 1 aromatic heterocycles. The number of benzene rings is 2. The molecule has 0 aliphatic carbocycles. The number of rotatable bonds is 6. The maximum atomic E-state index is 11.6. The van der Waals surface area contributed by atoms with Crippen molar-refractivity contribution in [3.05, 3.63) is 42.5 Å². The van der Waals surface area contributed by atoms with Crippen molar-refractivity contribution in [1.82, 2.24) is 9.97 Å². The Kier molecular flexibility index (Phi) is 5.97. The highest BCUT2D eigenvalue weighted by atomic mass is 32.2. The molecule has 27 heavy (non-hydrogen) atoms. The summed E-state index contributed by atoms with van der Waals surface area (Å²) in [5.74, 6) is 0.366. The molecule has 3 aromatic rings. The lowest BCUT2D eigenvalue weighted by Crippen LogP contribution is -2.11. The number of fused-ring (bicyclic) bond motifs is 1. The molecule has 0 aliphatic rings. The van der Waals surface area contributed by atoms with Gasteiger partial charge in [-0.15, -0.1) is 0 Å². The summed E-state index contributed by atoms with van der Waals surface area (Å²) in [4.78, 5) is 32.3. The lowest BCUT2D eigenvalue weighted by molar-refractivity contribution is -0.116. The van der Waals surface area contributed by atoms with Crippen LogP contribution in [0.3, 0.4) is 0 Å². The molecule has 2 amide bonds. The number of hydrogen-bond donors (Lipinski definition) is 3. The van der Waals surface area contributed by atoms with E-state index < -0.39 is 6.09 Å². The maximum Gasteiger partial charge on any atom is 0.413 e. The van der Waals surface area contributed by atoms with E-state index in [1.165, 1.54) is 7.11 Å². The summed E-state index contributed by atoms with van der Waals surface area (Å²) in [5, 5.41) is 5.39. The summed E-state index contributed by atoms with van der Waals surface area (Å²) >= 11 is 1.60. The van der Waals surface area contributed by atoms with E-state index in [9.17, 15) is 9.59 Å². The Labute approximate surface area is 160 Å². The number of nitrogens with zero attached hydrogens (tertiary/aromatic N) is 1. The number of imidazole rings is 1. The Morgan fingerprint density at radius 3 is 2.56 bits per heavy atom. The van der Waals surface area contributed by atoms with Gasteiger partial charge in [0.05, 0.1) is 18.1 Å². The van der Waals surface area contributed by atoms with Crippen LogP contribution in [-0.4, -0.2) is 29.1 Å². The Hall–Kier alpha value is -3.00. The van der Waals surface area contributed by atoms with Crippen LogP contribution in [0.25, 0.3) is 11.0 Å². The first-order chi connectivity index (χ1) is 13.1. The second kappa shape index (κ2) is 8.59. The number of H-pyrrole nitrogens is 1. The van der Waals surface area contributed by atoms with Gasteiger partial charge in [0.2, 0.25) is 11.9 Å². The van der Waals surface area contributed by atoms with Gasteiger partial charge in [-0.25, -0.2) is 9.78 Å². The van der Waals surface area contributed by atoms with Gasteiger partial charge in [0, 0.05) is 21.9 Å². The van der Waals surface area contributed by atoms with E-state index in [0.717, 1.165) is 32.9 Å². The van der Waals surface area contributed by atoms with E-state index in [-0.39, 0.29) is 5.91 Å². The number of methoxy groups -OCH3 is 1. The Balaban J connectivity index is 1.68. The standard InChI is InChI=1S/C19H20N4O3S/c1-3-4-17(24)20-12-5-7-13(8-6-12)27-14-9-10-15-16(11-14)22-18(21-15)23-19(25)26-2/h5-11H,3-4H2,1-2H3,(H,20,24)(H2,21,22,23,25). The molecule has 0 bridgehead atoms. The van der Waals surface area contributed by atoms with Crippen LogP contribution in [0, 0.1) is 0 Å². The Morgan fingerprint density at radius 2 is 1.85 bits per heavy atom. The predicted octanol–water partition coefficient (Wildman–Crippen LogP) is 4.63. The maximum absolute atomic E-state index is 11.6. The zero-order valence-corrected chi connectivity index (χ0v) is 15.9. The fourth-order valence-electron chi connectivity index (χ4n) is 2.45. The van der Waals surface area contributed by atoms with Crippen molar-refractivity contribution in [3.8, 4) is 0 Å². The van der Waals surface area contributed by atoms with Crippen molar-refractivity contribution in [2.75, 3.05) is 17.7 Å². The third-order valence-corrected chi connectivity index (χ3v) is 4.71. The number of ether oxygens (including phenoxy) is 1. The molecule has 0 fully saturated rings. The first-order valence-corrected chi connectivity index (χ1v) is 9.31. The van der Waals surface area contributed by atoms with Gasteiger partial charge in [0.1, 0.15) is 0 Å². The van der Waals surface area contributed by atoms with Crippen LogP contribution in [0.4, 0.5) is 16.4 Å². The van der Waals surface area contributed by atoms with Gasteiger partial charge in [-0.1, -0.05) is 18.7 Å². The highest BCUT2D eigenvalue weighted by molar-refractivity contribution is 7.99. The largest absolute Gasteiger partial charge is 0.453 e. The van der Waals surface area contributed by atoms with Crippen LogP contribution in [0.5, 0.6) is 0 Å². The summed E-state index contributed by atoms with van der Waals surface area (Å²) in [6.07, 6.45) is 0.773. The number of hydrogen-bond acceptors (Lipinski definition) is 5. The van der Waals surface area contributed by atoms with Gasteiger partial charge in [-0.05, 0) is 48.9 Å². The van der Waals surface area contributed by atoms with Crippen LogP contribution in [0.2, 0.25) is 0 Å². The Morgan fingerprint density at radius 1 is 1.11 bits per heavy atom. The minimum Gasteiger partial charge on any atom is -0.453 e. The highest BCUT2D eigenvalue weighted by Crippen LogP contribution is 2.30. The molecular weight excluding hydrogens is 364 g/mol. The molecule has 0 saturated carbocycles. The van der Waals surface area contributed by atoms with E-state index in [0.29, 0.717) is 12.4 Å². The van der Waals surface area contributed by atoms with Gasteiger partial charge in [0.15, 0.2) is 0 Å². The number of anilines is 2. The fourth-order valence-corrected chi connectivity index (χ4v) is 3.31. The van der Waals surface area contributed by atoms with Crippen molar-refractivity contribution >= 4 is 46.4 Å². The molecule has 3 rings (SSSR count). The van der Waals surface area contributed by atoms with Crippen molar-refractivity contribution in [1.29, 1.82) is 0 Å². The van der Waals surface area contributed by atoms with E-state index in [1.54, 1.807) is 11.8 Å². The third kappa shape index (κ3) is 5.01. The monoisotopic (exact) mass is 384 g/mol. The molecule has 8 heteroatoms. The summed E-state index contributed by atoms with van der Waals surface area (Å²) in [5.41, 5.74) is 2.36. The minimum absolute atomic E-state index is 0.0268. The molecule has 0 saturated heterocycles. The number of carbonyl (C=O) groups is 2. The van der Waals surface area contributed by atoms with Crippen molar-refractivity contribution in [2.45, 2.75) is 29.6 Å². The molecule has 3 N–H and O–H groups in total. The Bertz CT molecular complexity index is 953. The lowest BCUT2D eigenvalue weighted by atomic mass is 10.3. The van der Waals surface area contributed by atoms with Crippen LogP contribution in [0.1, 0.15) is 19.8 Å². The average Bonchev–Trinajstić information content (AvgIpc) is 3.05. The summed E-state index contributed by atoms with van der Waals surface area (Å²) < 4.78 is 4.56. The van der Waals surface area contributed by atoms with Crippen LogP contribution in [0.15, 0.2) is 52.3 Å². The van der Waals surface area contributed by atoms with Crippen molar-refractivity contribution in [3.63, 3.8) is 0 Å². The smallest absolute Gasteiger partial charge is 0.413 e. The van der Waals surface area contributed by atoms with E-state index in [4.69, 9.17) is 0 Å². The van der Waals surface area contributed by atoms with E-state index in [2.05, 4.69) is 25.3 Å². The average molecular weight is 384 g/mol. The van der Waals surface area contributed by atoms with Crippen LogP contribution >= 0.6 is 11.8 Å². The van der Waals surface area contributed by atoms with Gasteiger partial charge in [-0.2, -0.15) is 0 Å². The molecule has 0 spiro atoms. The third-order valence-electron chi connectivity index (χ3n) is 3.71. The minimum atomic E-state index is -0.574. The normalized spacial score (nSPS) is 10.6. The summed E-state index contributed by atoms with van der Waals surface area (Å²) in [6.45, 7) is 1.98. The molecule has 2 aromatic carbocycles. The number of amides is 2. The summed E-state index contributed by atoms with van der Waals surface area (Å²) in [6, 6.07) is 13.5. The lowest BCUT2D eigenvalue weighted by Gasteiger charge is -2.06. The van der Waals surface area contributed by atoms with Gasteiger partial charge >= 0.3 is 6.09 Å². The molecular formula is C19H20N4O3S. The van der Waals surface area contributed by atoms with E-state index in [1.807, 2.05) is 49.4 Å². The summed E-state index contributed by atoms with van der Waals surface area (Å²) in [7, 11) is 1.30. The second-order valence-electron chi connectivity index (χ2n) is 5.81. The number of aromatic nitrogens is 2. The number of carbonyl (C=O) groups excluding carboxylic acids is 2. The number of nitrogens with one attached hydrogen (secondary N) is 3. The van der Waals surface area contributed by atoms with Gasteiger partial charge < -0.3 is 15.0 Å². The molecule has 0 aliphatic heterocycles. The molecule has 0 radical (unpaired) electrons. The zero-order valence-electron chi connectivity index (χ0n) is 15.0. The molecule has 0 unspecified atom stereocenters. The van der Waals surface area contributed by atoms with Gasteiger partial charge in [-0.3, -0.25) is 10.1 Å². The molecule has 1 heterocycles. The number of aromatic amines is 1. The van der Waals surface area contributed by atoms with Crippen molar-refractivity contribution < 1.29 is 14.3 Å². The quantitative estimate of drug-likeness (QED) is 0.576. The topological polar surface area (TPSA) is 96.1 Å². The first kappa shape index (κ1) is 18.8. The van der Waals surface area contributed by atoms with E-state index >= 15 is 0 Å². The fraction of sp³-hybridized carbons (Fsp3) is 0.211. The second-order valence-corrected chi connectivity index (χ2v) is 6.95.